The molecule has 0 aliphatic heterocycles. The van der Waals surface area contributed by atoms with Crippen molar-refractivity contribution in [3.05, 3.63) is 58.6 Å². The van der Waals surface area contributed by atoms with Gasteiger partial charge in [-0.3, -0.25) is 14.4 Å². The summed E-state index contributed by atoms with van der Waals surface area (Å²) >= 11 is 3.29. The number of esters is 2. The average Bonchev–Trinajstić information content (AvgIpc) is 2.72. The average molecular weight is 491 g/mol. The fourth-order valence-corrected chi connectivity index (χ4v) is 2.62. The molecule has 31 heavy (non-hydrogen) atoms. The number of carbonyl (C=O) groups excluding carboxylic acids is 4. The summed E-state index contributed by atoms with van der Waals surface area (Å²) in [4.78, 5) is 47.4. The molecule has 0 fully saturated rings. The number of benzene rings is 2. The van der Waals surface area contributed by atoms with Crippen LogP contribution in [-0.2, 0) is 23.9 Å². The Labute approximate surface area is 188 Å². The number of hydrogen-bond donors (Lipinski definition) is 2. The minimum atomic E-state index is -0.659. The smallest absolute Gasteiger partial charge is 0.338 e. The zero-order valence-corrected chi connectivity index (χ0v) is 18.7. The summed E-state index contributed by atoms with van der Waals surface area (Å²) in [6.07, 6.45) is -0.501. The van der Waals surface area contributed by atoms with Gasteiger partial charge in [0.1, 0.15) is 0 Å². The van der Waals surface area contributed by atoms with Crippen LogP contribution in [0.15, 0.2) is 53.0 Å². The third kappa shape index (κ3) is 9.00. The predicted molar refractivity (Wildman–Crippen MR) is 119 cm³/mol. The molecule has 164 valence electrons. The highest BCUT2D eigenvalue weighted by Gasteiger charge is 2.12. The molecule has 2 aromatic rings. The van der Waals surface area contributed by atoms with Crippen molar-refractivity contribution < 1.29 is 28.7 Å². The first-order valence-electron chi connectivity index (χ1n) is 9.55. The van der Waals surface area contributed by atoms with Gasteiger partial charge in [0, 0.05) is 22.3 Å². The first kappa shape index (κ1) is 24.1. The SMILES string of the molecule is CC(C)OC(=O)c1ccc(NC(=O)CCC(=O)OCC(=O)Nc2ccc(Br)cc2)cc1. The van der Waals surface area contributed by atoms with Crippen molar-refractivity contribution >= 4 is 51.1 Å². The van der Waals surface area contributed by atoms with Crippen LogP contribution in [0.5, 0.6) is 0 Å². The first-order chi connectivity index (χ1) is 14.7. The van der Waals surface area contributed by atoms with E-state index in [9.17, 15) is 19.2 Å². The maximum atomic E-state index is 12.0. The van der Waals surface area contributed by atoms with Crippen LogP contribution in [0.2, 0.25) is 0 Å². The van der Waals surface area contributed by atoms with E-state index in [1.54, 1.807) is 62.4 Å². The third-order valence-corrected chi connectivity index (χ3v) is 4.32. The van der Waals surface area contributed by atoms with Crippen molar-refractivity contribution in [1.29, 1.82) is 0 Å². The van der Waals surface area contributed by atoms with Crippen molar-refractivity contribution in [2.24, 2.45) is 0 Å². The van der Waals surface area contributed by atoms with E-state index in [-0.39, 0.29) is 18.9 Å². The highest BCUT2D eigenvalue weighted by Crippen LogP contribution is 2.14. The quantitative estimate of drug-likeness (QED) is 0.515. The van der Waals surface area contributed by atoms with Gasteiger partial charge in [-0.25, -0.2) is 4.79 Å². The normalized spacial score (nSPS) is 10.3. The van der Waals surface area contributed by atoms with Gasteiger partial charge >= 0.3 is 11.9 Å². The second-order valence-corrected chi connectivity index (χ2v) is 7.71. The predicted octanol–water partition coefficient (Wildman–Crippen LogP) is 3.91. The molecule has 0 saturated carbocycles. The van der Waals surface area contributed by atoms with Crippen molar-refractivity contribution in [1.82, 2.24) is 0 Å². The molecule has 0 aliphatic carbocycles. The van der Waals surface area contributed by atoms with Crippen LogP contribution in [0, 0.1) is 0 Å². The number of amides is 2. The number of anilines is 2. The zero-order chi connectivity index (χ0) is 22.8. The molecule has 0 aliphatic rings. The van der Waals surface area contributed by atoms with Crippen LogP contribution in [0.1, 0.15) is 37.0 Å². The lowest BCUT2D eigenvalue weighted by Gasteiger charge is -2.09. The van der Waals surface area contributed by atoms with E-state index in [2.05, 4.69) is 26.6 Å². The molecule has 2 N–H and O–H groups in total. The van der Waals surface area contributed by atoms with Gasteiger partial charge in [0.2, 0.25) is 5.91 Å². The van der Waals surface area contributed by atoms with Crippen LogP contribution < -0.4 is 10.6 Å². The Morgan fingerprint density at radius 3 is 1.97 bits per heavy atom. The van der Waals surface area contributed by atoms with E-state index in [0.29, 0.717) is 16.9 Å². The highest BCUT2D eigenvalue weighted by atomic mass is 79.9. The Morgan fingerprint density at radius 1 is 0.839 bits per heavy atom. The molecule has 0 aromatic heterocycles. The van der Waals surface area contributed by atoms with E-state index in [1.165, 1.54) is 0 Å². The van der Waals surface area contributed by atoms with Crippen LogP contribution in [0.3, 0.4) is 0 Å². The van der Waals surface area contributed by atoms with Gasteiger partial charge in [-0.1, -0.05) is 15.9 Å². The molecule has 0 saturated heterocycles. The second-order valence-electron chi connectivity index (χ2n) is 6.80. The molecule has 0 spiro atoms. The van der Waals surface area contributed by atoms with Gasteiger partial charge in [0.15, 0.2) is 6.61 Å². The van der Waals surface area contributed by atoms with E-state index in [1.807, 2.05) is 0 Å². The number of hydrogen-bond acceptors (Lipinski definition) is 6. The Morgan fingerprint density at radius 2 is 1.39 bits per heavy atom. The molecule has 2 amide bonds. The fourth-order valence-electron chi connectivity index (χ4n) is 2.36. The molecule has 0 heterocycles. The van der Waals surface area contributed by atoms with Crippen LogP contribution in [-0.4, -0.2) is 36.5 Å². The molecular formula is C22H23BrN2O6. The Balaban J connectivity index is 1.69. The molecule has 0 bridgehead atoms. The number of rotatable bonds is 9. The van der Waals surface area contributed by atoms with Crippen LogP contribution >= 0.6 is 15.9 Å². The molecule has 0 radical (unpaired) electrons. The number of nitrogens with one attached hydrogen (secondary N) is 2. The molecule has 8 nitrogen and oxygen atoms in total. The number of halogens is 1. The minimum absolute atomic E-state index is 0.107. The van der Waals surface area contributed by atoms with Gasteiger partial charge < -0.3 is 20.1 Å². The fraction of sp³-hybridized carbons (Fsp3) is 0.273. The molecule has 9 heteroatoms. The van der Waals surface area contributed by atoms with Crippen LogP contribution in [0.4, 0.5) is 11.4 Å². The summed E-state index contributed by atoms with van der Waals surface area (Å²) in [5.74, 6) is -1.97. The standard InChI is InChI=1S/C22H23BrN2O6/c1-14(2)31-22(29)15-3-7-17(8-4-15)24-19(26)11-12-21(28)30-13-20(27)25-18-9-5-16(23)6-10-18/h3-10,14H,11-13H2,1-2H3,(H,24,26)(H,25,27). The van der Waals surface area contributed by atoms with E-state index in [4.69, 9.17) is 9.47 Å². The van der Waals surface area contributed by atoms with Gasteiger partial charge in [-0.2, -0.15) is 0 Å². The molecule has 2 rings (SSSR count). The largest absolute Gasteiger partial charge is 0.459 e. The van der Waals surface area contributed by atoms with E-state index in [0.717, 1.165) is 4.47 Å². The van der Waals surface area contributed by atoms with Gasteiger partial charge in [-0.05, 0) is 62.4 Å². The maximum Gasteiger partial charge on any atom is 0.338 e. The topological polar surface area (TPSA) is 111 Å². The minimum Gasteiger partial charge on any atom is -0.459 e. The maximum absolute atomic E-state index is 12.0. The van der Waals surface area contributed by atoms with Crippen LogP contribution in [0.25, 0.3) is 0 Å². The molecule has 0 atom stereocenters. The Bertz CT molecular complexity index is 926. The van der Waals surface area contributed by atoms with Gasteiger partial charge in [0.25, 0.3) is 5.91 Å². The summed E-state index contributed by atoms with van der Waals surface area (Å²) in [7, 11) is 0. The third-order valence-electron chi connectivity index (χ3n) is 3.80. The first-order valence-corrected chi connectivity index (χ1v) is 10.3. The number of carbonyl (C=O) groups is 4. The number of ether oxygens (including phenoxy) is 2. The van der Waals surface area contributed by atoms with Crippen molar-refractivity contribution in [2.45, 2.75) is 32.8 Å². The summed E-state index contributed by atoms with van der Waals surface area (Å²) in [6.45, 7) is 3.07. The monoisotopic (exact) mass is 490 g/mol. The Hall–Kier alpha value is -3.20. The lowest BCUT2D eigenvalue weighted by atomic mass is 10.2. The van der Waals surface area contributed by atoms with Crippen molar-refractivity contribution in [2.75, 3.05) is 17.2 Å². The van der Waals surface area contributed by atoms with Gasteiger partial charge in [0.05, 0.1) is 18.1 Å². The van der Waals surface area contributed by atoms with E-state index >= 15 is 0 Å². The van der Waals surface area contributed by atoms with Crippen molar-refractivity contribution in [3.8, 4) is 0 Å². The summed E-state index contributed by atoms with van der Waals surface area (Å²) < 4.78 is 10.8. The molecule has 0 unspecified atom stereocenters. The van der Waals surface area contributed by atoms with E-state index < -0.39 is 30.4 Å². The summed E-state index contributed by atoms with van der Waals surface area (Å²) in [6, 6.07) is 13.2. The highest BCUT2D eigenvalue weighted by molar-refractivity contribution is 9.10. The second kappa shape index (κ2) is 11.8. The summed E-state index contributed by atoms with van der Waals surface area (Å²) in [5.41, 5.74) is 1.43. The van der Waals surface area contributed by atoms with Gasteiger partial charge in [-0.15, -0.1) is 0 Å². The summed E-state index contributed by atoms with van der Waals surface area (Å²) in [5, 5.41) is 5.22. The molecular weight excluding hydrogens is 468 g/mol. The lowest BCUT2D eigenvalue weighted by molar-refractivity contribution is -0.147. The molecule has 2 aromatic carbocycles. The Kier molecular flexibility index (Phi) is 9.20. The zero-order valence-electron chi connectivity index (χ0n) is 17.1. The lowest BCUT2D eigenvalue weighted by Crippen LogP contribution is -2.21. The van der Waals surface area contributed by atoms with Crippen molar-refractivity contribution in [3.63, 3.8) is 0 Å².